The fourth-order valence-electron chi connectivity index (χ4n) is 2.97. The Morgan fingerprint density at radius 3 is 2.86 bits per heavy atom. The summed E-state index contributed by atoms with van der Waals surface area (Å²) in [6, 6.07) is 1.61. The third-order valence-electron chi connectivity index (χ3n) is 3.70. The van der Waals surface area contributed by atoms with Crippen LogP contribution in [0.1, 0.15) is 33.1 Å². The molecule has 0 bridgehead atoms. The Bertz CT molecular complexity index is 674. The lowest BCUT2D eigenvalue weighted by atomic mass is 10.0. The van der Waals surface area contributed by atoms with Crippen LogP contribution < -0.4 is 11.0 Å². The van der Waals surface area contributed by atoms with E-state index in [1.807, 2.05) is 20.8 Å². The Morgan fingerprint density at radius 1 is 1.50 bits per heavy atom. The second-order valence-corrected chi connectivity index (χ2v) is 7.34. The molecule has 7 nitrogen and oxygen atoms in total. The van der Waals surface area contributed by atoms with Gasteiger partial charge in [-0.15, -0.1) is 11.8 Å². The van der Waals surface area contributed by atoms with Crippen LogP contribution in [0.15, 0.2) is 17.1 Å². The number of nitrogens with one attached hydrogen (secondary N) is 1. The summed E-state index contributed by atoms with van der Waals surface area (Å²) in [7, 11) is 0. The SMILES string of the molecule is CC(=O)Nc1ccn([C@@H]2SC[C@@]3(C)OC(C)(C)O[C@@H]23)c(=O)n1. The fourth-order valence-corrected chi connectivity index (χ4v) is 4.53. The summed E-state index contributed by atoms with van der Waals surface area (Å²) in [5.74, 6) is 0.0717. The number of thioether (sulfide) groups is 1. The number of nitrogens with zero attached hydrogens (tertiary/aromatic N) is 2. The molecule has 0 unspecified atom stereocenters. The van der Waals surface area contributed by atoms with Crippen LogP contribution in [0.5, 0.6) is 0 Å². The highest BCUT2D eigenvalue weighted by molar-refractivity contribution is 7.99. The molecule has 1 aromatic rings. The van der Waals surface area contributed by atoms with E-state index in [-0.39, 0.29) is 23.2 Å². The zero-order valence-corrected chi connectivity index (χ0v) is 13.8. The molecule has 0 aliphatic carbocycles. The standard InChI is InChI=1S/C14H19N3O4S/c1-8(18)15-9-5-6-17(12(19)16-9)11-10-14(4,7-22-11)21-13(2,3)20-10/h5-6,10-11H,7H2,1-4H3,(H,15,16,18,19)/t10-,11+,14+/m0/s1. The zero-order valence-electron chi connectivity index (χ0n) is 13.0. The van der Waals surface area contributed by atoms with E-state index < -0.39 is 17.1 Å². The number of hydrogen-bond acceptors (Lipinski definition) is 6. The minimum absolute atomic E-state index is 0.196. The summed E-state index contributed by atoms with van der Waals surface area (Å²) in [6.45, 7) is 7.12. The summed E-state index contributed by atoms with van der Waals surface area (Å²) >= 11 is 1.61. The molecular weight excluding hydrogens is 306 g/mol. The van der Waals surface area contributed by atoms with Gasteiger partial charge in [-0.25, -0.2) is 4.79 Å². The van der Waals surface area contributed by atoms with Gasteiger partial charge in [-0.1, -0.05) is 0 Å². The number of carbonyl (C=O) groups excluding carboxylic acids is 1. The molecule has 0 saturated carbocycles. The predicted octanol–water partition coefficient (Wildman–Crippen LogP) is 1.36. The zero-order chi connectivity index (χ0) is 16.1. The highest BCUT2D eigenvalue weighted by Crippen LogP contribution is 2.52. The van der Waals surface area contributed by atoms with Crippen LogP contribution in [0.2, 0.25) is 0 Å². The number of fused-ring (bicyclic) bond motifs is 1. The van der Waals surface area contributed by atoms with Crippen molar-refractivity contribution in [1.29, 1.82) is 0 Å². The van der Waals surface area contributed by atoms with Crippen molar-refractivity contribution in [2.24, 2.45) is 0 Å². The molecule has 2 fully saturated rings. The monoisotopic (exact) mass is 325 g/mol. The van der Waals surface area contributed by atoms with Crippen molar-refractivity contribution in [3.63, 3.8) is 0 Å². The van der Waals surface area contributed by atoms with E-state index >= 15 is 0 Å². The van der Waals surface area contributed by atoms with Crippen molar-refractivity contribution in [2.75, 3.05) is 11.1 Å². The van der Waals surface area contributed by atoms with Gasteiger partial charge in [0.1, 0.15) is 22.9 Å². The lowest BCUT2D eigenvalue weighted by Gasteiger charge is -2.22. The van der Waals surface area contributed by atoms with Crippen molar-refractivity contribution in [3.05, 3.63) is 22.7 Å². The number of anilines is 1. The molecule has 2 saturated heterocycles. The Kier molecular flexibility index (Phi) is 3.58. The van der Waals surface area contributed by atoms with Crippen molar-refractivity contribution in [2.45, 2.75) is 50.6 Å². The second kappa shape index (κ2) is 5.07. The van der Waals surface area contributed by atoms with E-state index in [1.165, 1.54) is 11.5 Å². The topological polar surface area (TPSA) is 82.5 Å². The van der Waals surface area contributed by atoms with Gasteiger partial charge in [0.15, 0.2) is 5.79 Å². The van der Waals surface area contributed by atoms with Crippen LogP contribution >= 0.6 is 11.8 Å². The highest BCUT2D eigenvalue weighted by Gasteiger charge is 2.58. The third kappa shape index (κ3) is 2.66. The molecule has 1 aromatic heterocycles. The second-order valence-electron chi connectivity index (χ2n) is 6.24. The Labute approximate surface area is 132 Å². The van der Waals surface area contributed by atoms with E-state index in [2.05, 4.69) is 10.3 Å². The molecule has 2 aliphatic heterocycles. The molecule has 0 aromatic carbocycles. The summed E-state index contributed by atoms with van der Waals surface area (Å²) < 4.78 is 13.5. The van der Waals surface area contributed by atoms with Crippen molar-refractivity contribution < 1.29 is 14.3 Å². The van der Waals surface area contributed by atoms with E-state index in [0.717, 1.165) is 5.75 Å². The fraction of sp³-hybridized carbons (Fsp3) is 0.643. The van der Waals surface area contributed by atoms with Crippen molar-refractivity contribution in [3.8, 4) is 0 Å². The number of rotatable bonds is 2. The van der Waals surface area contributed by atoms with Gasteiger partial charge in [-0.2, -0.15) is 4.98 Å². The largest absolute Gasteiger partial charge is 0.350 e. The van der Waals surface area contributed by atoms with Gasteiger partial charge in [0.25, 0.3) is 0 Å². The smallest absolute Gasteiger partial charge is 0.341 e. The first-order chi connectivity index (χ1) is 10.2. The van der Waals surface area contributed by atoms with Gasteiger partial charge >= 0.3 is 5.69 Å². The number of hydrogen-bond donors (Lipinski definition) is 1. The van der Waals surface area contributed by atoms with Gasteiger partial charge in [-0.3, -0.25) is 9.36 Å². The molecule has 3 heterocycles. The number of carbonyl (C=O) groups is 1. The highest BCUT2D eigenvalue weighted by atomic mass is 32.2. The quantitative estimate of drug-likeness (QED) is 0.884. The summed E-state index contributed by atoms with van der Waals surface area (Å²) in [5, 5.41) is 2.31. The average molecular weight is 325 g/mol. The van der Waals surface area contributed by atoms with E-state index in [9.17, 15) is 9.59 Å². The third-order valence-corrected chi connectivity index (χ3v) is 5.26. The van der Waals surface area contributed by atoms with Crippen LogP contribution in [0.25, 0.3) is 0 Å². The maximum absolute atomic E-state index is 12.3. The van der Waals surface area contributed by atoms with E-state index in [0.29, 0.717) is 0 Å². The molecule has 2 aliphatic rings. The summed E-state index contributed by atoms with van der Waals surface area (Å²) in [5.41, 5.74) is -0.838. The molecule has 0 radical (unpaired) electrons. The van der Waals surface area contributed by atoms with Crippen LogP contribution in [0.3, 0.4) is 0 Å². The minimum atomic E-state index is -0.661. The molecule has 22 heavy (non-hydrogen) atoms. The van der Waals surface area contributed by atoms with E-state index in [1.54, 1.807) is 24.0 Å². The number of amides is 1. The molecule has 8 heteroatoms. The van der Waals surface area contributed by atoms with Crippen molar-refractivity contribution >= 4 is 23.5 Å². The Hall–Kier alpha value is -1.38. The molecular formula is C14H19N3O4S. The van der Waals surface area contributed by atoms with Crippen LogP contribution in [-0.2, 0) is 14.3 Å². The molecule has 1 amide bonds. The van der Waals surface area contributed by atoms with Crippen molar-refractivity contribution in [1.82, 2.24) is 9.55 Å². The number of ether oxygens (including phenoxy) is 2. The molecule has 3 atom stereocenters. The van der Waals surface area contributed by atoms with Crippen LogP contribution in [-0.4, -0.2) is 38.7 Å². The van der Waals surface area contributed by atoms with E-state index in [4.69, 9.17) is 9.47 Å². The van der Waals surface area contributed by atoms with Gasteiger partial charge in [-0.05, 0) is 26.8 Å². The summed E-state index contributed by atoms with van der Waals surface area (Å²) in [6.07, 6.45) is 1.41. The lowest BCUT2D eigenvalue weighted by molar-refractivity contribution is -0.158. The lowest BCUT2D eigenvalue weighted by Crippen LogP contribution is -2.39. The maximum atomic E-state index is 12.3. The Balaban J connectivity index is 1.89. The summed E-state index contributed by atoms with van der Waals surface area (Å²) in [4.78, 5) is 27.2. The van der Waals surface area contributed by atoms with Gasteiger partial charge in [0, 0.05) is 18.9 Å². The van der Waals surface area contributed by atoms with Crippen LogP contribution in [0.4, 0.5) is 5.82 Å². The average Bonchev–Trinajstić information content (AvgIpc) is 2.77. The molecule has 1 N–H and O–H groups in total. The number of aromatic nitrogens is 2. The van der Waals surface area contributed by atoms with Gasteiger partial charge < -0.3 is 14.8 Å². The first kappa shape index (κ1) is 15.5. The first-order valence-electron chi connectivity index (χ1n) is 7.07. The molecule has 3 rings (SSSR count). The molecule has 120 valence electrons. The predicted molar refractivity (Wildman–Crippen MR) is 82.7 cm³/mol. The minimum Gasteiger partial charge on any atom is -0.341 e. The normalized spacial score (nSPS) is 32.7. The molecule has 0 spiro atoms. The van der Waals surface area contributed by atoms with Crippen LogP contribution in [0, 0.1) is 0 Å². The van der Waals surface area contributed by atoms with Gasteiger partial charge in [0.2, 0.25) is 5.91 Å². The first-order valence-corrected chi connectivity index (χ1v) is 8.11. The maximum Gasteiger partial charge on any atom is 0.350 e. The Morgan fingerprint density at radius 2 is 2.23 bits per heavy atom. The van der Waals surface area contributed by atoms with Gasteiger partial charge in [0.05, 0.1) is 0 Å².